The lowest BCUT2D eigenvalue weighted by atomic mass is 9.81. The maximum Gasteiger partial charge on any atom is 0.302 e. The molecule has 0 saturated heterocycles. The quantitative estimate of drug-likeness (QED) is 0.604. The minimum Gasteiger partial charge on any atom is -0.490 e. The molecule has 1 fully saturated rings. The van der Waals surface area contributed by atoms with Crippen LogP contribution in [0, 0.1) is 0 Å². The first kappa shape index (κ1) is 14.6. The van der Waals surface area contributed by atoms with Crippen LogP contribution in [0.4, 0.5) is 0 Å². The number of rotatable bonds is 5. The number of benzene rings is 1. The lowest BCUT2D eigenvalue weighted by molar-refractivity contribution is -0.148. The number of hydrogen-bond acceptors (Lipinski definition) is 3. The monoisotopic (exact) mass is 274 g/mol. The average molecular weight is 274 g/mol. The van der Waals surface area contributed by atoms with E-state index < -0.39 is 0 Å². The van der Waals surface area contributed by atoms with Crippen LogP contribution in [-0.2, 0) is 9.53 Å². The lowest BCUT2D eigenvalue weighted by Crippen LogP contribution is -2.27. The summed E-state index contributed by atoms with van der Waals surface area (Å²) in [7, 11) is 0. The van der Waals surface area contributed by atoms with Crippen molar-refractivity contribution in [1.82, 2.24) is 0 Å². The summed E-state index contributed by atoms with van der Waals surface area (Å²) in [6.45, 7) is 5.63. The van der Waals surface area contributed by atoms with Crippen LogP contribution >= 0.6 is 0 Å². The minimum absolute atomic E-state index is 0.0150. The van der Waals surface area contributed by atoms with Crippen LogP contribution < -0.4 is 4.74 Å². The zero-order valence-electron chi connectivity index (χ0n) is 12.0. The summed E-state index contributed by atoms with van der Waals surface area (Å²) in [6, 6.07) is 8.09. The van der Waals surface area contributed by atoms with Crippen molar-refractivity contribution in [3.05, 3.63) is 42.5 Å². The highest BCUT2D eigenvalue weighted by Crippen LogP contribution is 2.35. The zero-order valence-corrected chi connectivity index (χ0v) is 12.0. The second-order valence-electron chi connectivity index (χ2n) is 5.21. The van der Waals surface area contributed by atoms with E-state index in [1.165, 1.54) is 18.9 Å². The Morgan fingerprint density at radius 1 is 1.30 bits per heavy atom. The van der Waals surface area contributed by atoms with Gasteiger partial charge in [0.15, 0.2) is 0 Å². The summed E-state index contributed by atoms with van der Waals surface area (Å²) in [5.74, 6) is 0.961. The van der Waals surface area contributed by atoms with Crippen molar-refractivity contribution in [3.63, 3.8) is 0 Å². The summed E-state index contributed by atoms with van der Waals surface area (Å²) in [5.41, 5.74) is 1.22. The fourth-order valence-corrected chi connectivity index (χ4v) is 2.80. The third kappa shape index (κ3) is 3.86. The standard InChI is InChI=1S/C17H22O3/c1-3-12-19-15-10-8-14(9-11-15)16-6-4-5-7-17(16)20-13(2)18/h3,8-11,16-17H,1,4-7,12H2,2H3. The van der Waals surface area contributed by atoms with Crippen molar-refractivity contribution < 1.29 is 14.3 Å². The first-order valence-electron chi connectivity index (χ1n) is 7.21. The van der Waals surface area contributed by atoms with E-state index in [0.717, 1.165) is 25.0 Å². The molecule has 2 atom stereocenters. The van der Waals surface area contributed by atoms with Crippen molar-refractivity contribution in [3.8, 4) is 5.75 Å². The van der Waals surface area contributed by atoms with Gasteiger partial charge in [0.25, 0.3) is 0 Å². The van der Waals surface area contributed by atoms with Crippen LogP contribution in [0.5, 0.6) is 5.75 Å². The predicted molar refractivity (Wildman–Crippen MR) is 78.9 cm³/mol. The van der Waals surface area contributed by atoms with E-state index in [2.05, 4.69) is 18.7 Å². The fraction of sp³-hybridized carbons (Fsp3) is 0.471. The van der Waals surface area contributed by atoms with Gasteiger partial charge in [0.05, 0.1) is 0 Å². The molecule has 1 aromatic carbocycles. The topological polar surface area (TPSA) is 35.5 Å². The molecule has 2 rings (SSSR count). The van der Waals surface area contributed by atoms with Gasteiger partial charge in [-0.3, -0.25) is 4.79 Å². The van der Waals surface area contributed by atoms with Crippen molar-refractivity contribution in [2.45, 2.75) is 44.6 Å². The molecule has 3 heteroatoms. The molecule has 1 aliphatic carbocycles. The molecule has 0 aromatic heterocycles. The SMILES string of the molecule is C=CCOc1ccc(C2CCCCC2OC(C)=O)cc1. The zero-order chi connectivity index (χ0) is 14.4. The molecule has 20 heavy (non-hydrogen) atoms. The van der Waals surface area contributed by atoms with Crippen LogP contribution in [0.15, 0.2) is 36.9 Å². The minimum atomic E-state index is -0.187. The third-order valence-electron chi connectivity index (χ3n) is 3.70. The largest absolute Gasteiger partial charge is 0.490 e. The van der Waals surface area contributed by atoms with Gasteiger partial charge in [-0.2, -0.15) is 0 Å². The third-order valence-corrected chi connectivity index (χ3v) is 3.70. The summed E-state index contributed by atoms with van der Waals surface area (Å²) < 4.78 is 11.0. The van der Waals surface area contributed by atoms with Crippen molar-refractivity contribution in [2.75, 3.05) is 6.61 Å². The molecule has 108 valence electrons. The maximum atomic E-state index is 11.2. The van der Waals surface area contributed by atoms with Gasteiger partial charge in [-0.1, -0.05) is 31.2 Å². The normalized spacial score (nSPS) is 22.1. The van der Waals surface area contributed by atoms with Crippen molar-refractivity contribution in [2.24, 2.45) is 0 Å². The number of carbonyl (C=O) groups excluding carboxylic acids is 1. The number of carbonyl (C=O) groups is 1. The fourth-order valence-electron chi connectivity index (χ4n) is 2.80. The van der Waals surface area contributed by atoms with Gasteiger partial charge >= 0.3 is 5.97 Å². The van der Waals surface area contributed by atoms with E-state index in [4.69, 9.17) is 9.47 Å². The Balaban J connectivity index is 2.07. The Labute approximate surface area is 120 Å². The Kier molecular flexibility index (Phi) is 5.22. The lowest BCUT2D eigenvalue weighted by Gasteiger charge is -2.31. The van der Waals surface area contributed by atoms with Crippen LogP contribution in [-0.4, -0.2) is 18.7 Å². The van der Waals surface area contributed by atoms with Crippen molar-refractivity contribution in [1.29, 1.82) is 0 Å². The van der Waals surface area contributed by atoms with E-state index >= 15 is 0 Å². The Morgan fingerprint density at radius 3 is 2.65 bits per heavy atom. The molecule has 0 spiro atoms. The van der Waals surface area contributed by atoms with Gasteiger partial charge in [-0.05, 0) is 37.0 Å². The second-order valence-corrected chi connectivity index (χ2v) is 5.21. The van der Waals surface area contributed by atoms with Crippen molar-refractivity contribution >= 4 is 5.97 Å². The molecule has 0 aliphatic heterocycles. The van der Waals surface area contributed by atoms with Crippen LogP contribution in [0.2, 0.25) is 0 Å². The molecular formula is C17H22O3. The summed E-state index contributed by atoms with van der Waals surface area (Å²) >= 11 is 0. The van der Waals surface area contributed by atoms with Gasteiger partial charge in [0, 0.05) is 12.8 Å². The predicted octanol–water partition coefficient (Wildman–Crippen LogP) is 3.84. The van der Waals surface area contributed by atoms with E-state index in [0.29, 0.717) is 12.5 Å². The number of esters is 1. The van der Waals surface area contributed by atoms with Gasteiger partial charge in [-0.25, -0.2) is 0 Å². The number of ether oxygens (including phenoxy) is 2. The summed E-state index contributed by atoms with van der Waals surface area (Å²) in [5, 5.41) is 0. The Bertz CT molecular complexity index is 450. The Morgan fingerprint density at radius 2 is 2.00 bits per heavy atom. The molecule has 3 nitrogen and oxygen atoms in total. The summed E-state index contributed by atoms with van der Waals surface area (Å²) in [6.07, 6.45) is 6.10. The van der Waals surface area contributed by atoms with E-state index in [1.54, 1.807) is 6.08 Å². The molecule has 0 bridgehead atoms. The smallest absolute Gasteiger partial charge is 0.302 e. The van der Waals surface area contributed by atoms with Crippen LogP contribution in [0.3, 0.4) is 0 Å². The molecule has 1 aromatic rings. The van der Waals surface area contributed by atoms with Crippen LogP contribution in [0.1, 0.15) is 44.1 Å². The molecular weight excluding hydrogens is 252 g/mol. The van der Waals surface area contributed by atoms with Crippen LogP contribution in [0.25, 0.3) is 0 Å². The molecule has 2 unspecified atom stereocenters. The molecule has 1 aliphatic rings. The maximum absolute atomic E-state index is 11.2. The molecule has 0 amide bonds. The first-order valence-corrected chi connectivity index (χ1v) is 7.21. The Hall–Kier alpha value is -1.77. The summed E-state index contributed by atoms with van der Waals surface area (Å²) in [4.78, 5) is 11.2. The highest BCUT2D eigenvalue weighted by molar-refractivity contribution is 5.66. The van der Waals surface area contributed by atoms with E-state index in [-0.39, 0.29) is 12.1 Å². The highest BCUT2D eigenvalue weighted by Gasteiger charge is 2.28. The van der Waals surface area contributed by atoms with E-state index in [1.807, 2.05) is 12.1 Å². The molecule has 1 saturated carbocycles. The molecule has 0 heterocycles. The van der Waals surface area contributed by atoms with Gasteiger partial charge in [-0.15, -0.1) is 0 Å². The molecule has 0 N–H and O–H groups in total. The number of hydrogen-bond donors (Lipinski definition) is 0. The second kappa shape index (κ2) is 7.13. The van der Waals surface area contributed by atoms with Gasteiger partial charge < -0.3 is 9.47 Å². The highest BCUT2D eigenvalue weighted by atomic mass is 16.5. The van der Waals surface area contributed by atoms with E-state index in [9.17, 15) is 4.79 Å². The average Bonchev–Trinajstić information content (AvgIpc) is 2.46. The first-order chi connectivity index (χ1) is 9.70. The molecule has 0 radical (unpaired) electrons. The van der Waals surface area contributed by atoms with Gasteiger partial charge in [0.1, 0.15) is 18.5 Å². The van der Waals surface area contributed by atoms with Gasteiger partial charge in [0.2, 0.25) is 0 Å².